The van der Waals surface area contributed by atoms with Crippen LogP contribution in [0.1, 0.15) is 6.92 Å². The molecule has 1 amide bonds. The van der Waals surface area contributed by atoms with E-state index in [1.807, 2.05) is 35.7 Å². The maximum atomic E-state index is 12.8. The number of hydrogen-bond donors (Lipinski definition) is 2. The largest absolute Gasteiger partial charge is 0.383 e. The van der Waals surface area contributed by atoms with Gasteiger partial charge in [-0.2, -0.15) is 0 Å². The van der Waals surface area contributed by atoms with Crippen molar-refractivity contribution >= 4 is 39.2 Å². The summed E-state index contributed by atoms with van der Waals surface area (Å²) in [5.41, 5.74) is 1.43. The molecule has 7 nitrogen and oxygen atoms in total. The van der Waals surface area contributed by atoms with Gasteiger partial charge in [0.25, 0.3) is 5.56 Å². The maximum Gasteiger partial charge on any atom is 0.282 e. The van der Waals surface area contributed by atoms with E-state index in [9.17, 15) is 9.59 Å². The third-order valence-electron chi connectivity index (χ3n) is 3.95. The standard InChI is InChI=1S/C18H20N4O3S2/c1-11(15(23)20-8-9-25-2)27-18-21-16-14(17(24)22(18)19)13(10-26-16)12-6-4-3-5-7-12/h3-7,10-11H,8-9,19H2,1-2H3,(H,20,23)/t11-/m1/s1. The Balaban J connectivity index is 1.90. The van der Waals surface area contributed by atoms with E-state index in [1.54, 1.807) is 14.0 Å². The highest BCUT2D eigenvalue weighted by molar-refractivity contribution is 8.00. The highest BCUT2D eigenvalue weighted by Gasteiger charge is 2.20. The van der Waals surface area contributed by atoms with Crippen LogP contribution in [0, 0.1) is 0 Å². The van der Waals surface area contributed by atoms with E-state index in [4.69, 9.17) is 10.6 Å². The first-order chi connectivity index (χ1) is 13.0. The number of methoxy groups -OCH3 is 1. The van der Waals surface area contributed by atoms with Crippen LogP contribution in [0.5, 0.6) is 0 Å². The summed E-state index contributed by atoms with van der Waals surface area (Å²) in [6, 6.07) is 9.64. The number of nitrogens with two attached hydrogens (primary N) is 1. The van der Waals surface area contributed by atoms with E-state index in [-0.39, 0.29) is 11.5 Å². The summed E-state index contributed by atoms with van der Waals surface area (Å²) in [4.78, 5) is 30.1. The fourth-order valence-electron chi connectivity index (χ4n) is 2.53. The van der Waals surface area contributed by atoms with Gasteiger partial charge in [0.15, 0.2) is 5.16 Å². The number of nitrogens with zero attached hydrogens (tertiary/aromatic N) is 2. The second kappa shape index (κ2) is 8.55. The van der Waals surface area contributed by atoms with Crippen LogP contribution in [0.25, 0.3) is 21.3 Å². The Bertz CT molecular complexity index is 1000. The van der Waals surface area contributed by atoms with Crippen LogP contribution in [0.3, 0.4) is 0 Å². The molecule has 2 aromatic heterocycles. The van der Waals surface area contributed by atoms with Crippen molar-refractivity contribution in [3.05, 3.63) is 46.1 Å². The highest BCUT2D eigenvalue weighted by Crippen LogP contribution is 2.32. The molecule has 3 aromatic rings. The Labute approximate surface area is 164 Å². The summed E-state index contributed by atoms with van der Waals surface area (Å²) in [6.45, 7) is 2.60. The Morgan fingerprint density at radius 2 is 2.15 bits per heavy atom. The van der Waals surface area contributed by atoms with Gasteiger partial charge in [-0.25, -0.2) is 9.66 Å². The molecule has 0 fully saturated rings. The van der Waals surface area contributed by atoms with Gasteiger partial charge in [0.05, 0.1) is 17.2 Å². The van der Waals surface area contributed by atoms with Gasteiger partial charge in [-0.05, 0) is 12.5 Å². The second-order valence-electron chi connectivity index (χ2n) is 5.81. The molecule has 0 aliphatic heterocycles. The quantitative estimate of drug-likeness (QED) is 0.271. The van der Waals surface area contributed by atoms with Gasteiger partial charge < -0.3 is 15.9 Å². The minimum atomic E-state index is -0.449. The van der Waals surface area contributed by atoms with E-state index in [0.29, 0.717) is 28.5 Å². The van der Waals surface area contributed by atoms with Crippen molar-refractivity contribution in [2.24, 2.45) is 0 Å². The number of rotatable bonds is 7. The van der Waals surface area contributed by atoms with Gasteiger partial charge in [0.1, 0.15) is 4.83 Å². The van der Waals surface area contributed by atoms with Crippen molar-refractivity contribution in [3.63, 3.8) is 0 Å². The molecule has 0 unspecified atom stereocenters. The lowest BCUT2D eigenvalue weighted by molar-refractivity contribution is -0.120. The third kappa shape index (κ3) is 4.15. The first-order valence-electron chi connectivity index (χ1n) is 8.31. The number of hydrogen-bond acceptors (Lipinski definition) is 7. The molecule has 3 N–H and O–H groups in total. The number of amides is 1. The summed E-state index contributed by atoms with van der Waals surface area (Å²) in [6.07, 6.45) is 0. The summed E-state index contributed by atoms with van der Waals surface area (Å²) in [5, 5.41) is 5.02. The average Bonchev–Trinajstić information content (AvgIpc) is 3.10. The average molecular weight is 405 g/mol. The SMILES string of the molecule is COCCNC(=O)[C@@H](C)Sc1nc2scc(-c3ccccc3)c2c(=O)n1N. The van der Waals surface area contributed by atoms with Crippen molar-refractivity contribution < 1.29 is 9.53 Å². The van der Waals surface area contributed by atoms with Crippen molar-refractivity contribution in [1.82, 2.24) is 15.0 Å². The van der Waals surface area contributed by atoms with E-state index < -0.39 is 5.25 Å². The zero-order valence-corrected chi connectivity index (χ0v) is 16.6. The first-order valence-corrected chi connectivity index (χ1v) is 10.1. The Kier molecular flexibility index (Phi) is 6.15. The first kappa shape index (κ1) is 19.4. The van der Waals surface area contributed by atoms with Gasteiger partial charge in [0.2, 0.25) is 5.91 Å². The Hall–Kier alpha value is -2.36. The molecule has 1 atom stereocenters. The monoisotopic (exact) mass is 404 g/mol. The molecule has 0 spiro atoms. The number of carbonyl (C=O) groups is 1. The van der Waals surface area contributed by atoms with E-state index >= 15 is 0 Å². The highest BCUT2D eigenvalue weighted by atomic mass is 32.2. The summed E-state index contributed by atoms with van der Waals surface area (Å²) in [5.74, 6) is 5.83. The number of fused-ring (bicyclic) bond motifs is 1. The third-order valence-corrected chi connectivity index (χ3v) is 5.89. The van der Waals surface area contributed by atoms with Crippen LogP contribution in [-0.4, -0.2) is 41.1 Å². The van der Waals surface area contributed by atoms with Crippen molar-refractivity contribution in [2.75, 3.05) is 26.1 Å². The number of thiophene rings is 1. The van der Waals surface area contributed by atoms with Gasteiger partial charge in [-0.15, -0.1) is 11.3 Å². The van der Waals surface area contributed by atoms with Crippen LogP contribution >= 0.6 is 23.1 Å². The summed E-state index contributed by atoms with van der Waals surface area (Å²) in [7, 11) is 1.57. The topological polar surface area (TPSA) is 99.2 Å². The van der Waals surface area contributed by atoms with Crippen LogP contribution in [0.2, 0.25) is 0 Å². The number of nitrogens with one attached hydrogen (secondary N) is 1. The lowest BCUT2D eigenvalue weighted by atomic mass is 10.1. The minimum Gasteiger partial charge on any atom is -0.383 e. The van der Waals surface area contributed by atoms with Gasteiger partial charge in [-0.1, -0.05) is 42.1 Å². The van der Waals surface area contributed by atoms with Crippen molar-refractivity contribution in [2.45, 2.75) is 17.3 Å². The summed E-state index contributed by atoms with van der Waals surface area (Å²) >= 11 is 2.54. The Morgan fingerprint density at radius 3 is 2.85 bits per heavy atom. The van der Waals surface area contributed by atoms with E-state index in [1.165, 1.54) is 11.3 Å². The number of aromatic nitrogens is 2. The Morgan fingerprint density at radius 1 is 1.41 bits per heavy atom. The molecule has 0 aliphatic carbocycles. The number of ether oxygens (including phenoxy) is 1. The van der Waals surface area contributed by atoms with Crippen LogP contribution < -0.4 is 16.7 Å². The number of carbonyl (C=O) groups excluding carboxylic acids is 1. The second-order valence-corrected chi connectivity index (χ2v) is 7.98. The van der Waals surface area contributed by atoms with Crippen LogP contribution in [0.4, 0.5) is 0 Å². The number of thioether (sulfide) groups is 1. The fourth-order valence-corrected chi connectivity index (χ4v) is 4.37. The van der Waals surface area contributed by atoms with Gasteiger partial charge >= 0.3 is 0 Å². The fraction of sp³-hybridized carbons (Fsp3) is 0.278. The molecule has 0 saturated heterocycles. The molecule has 2 heterocycles. The predicted octanol–water partition coefficient (Wildman–Crippen LogP) is 2.08. The lowest BCUT2D eigenvalue weighted by Crippen LogP contribution is -2.35. The molecule has 0 radical (unpaired) electrons. The van der Waals surface area contributed by atoms with E-state index in [2.05, 4.69) is 10.3 Å². The molecule has 0 saturated carbocycles. The van der Waals surface area contributed by atoms with Crippen molar-refractivity contribution in [3.8, 4) is 11.1 Å². The zero-order chi connectivity index (χ0) is 19.4. The molecule has 3 rings (SSSR count). The normalized spacial score (nSPS) is 12.2. The summed E-state index contributed by atoms with van der Waals surface area (Å²) < 4.78 is 5.93. The maximum absolute atomic E-state index is 12.8. The molecule has 9 heteroatoms. The van der Waals surface area contributed by atoms with E-state index in [0.717, 1.165) is 27.6 Å². The molecule has 0 bridgehead atoms. The predicted molar refractivity (Wildman–Crippen MR) is 110 cm³/mol. The van der Waals surface area contributed by atoms with Gasteiger partial charge in [0, 0.05) is 24.6 Å². The molecule has 27 heavy (non-hydrogen) atoms. The number of nitrogen functional groups attached to an aromatic ring is 1. The molecule has 0 aliphatic rings. The molecule has 142 valence electrons. The van der Waals surface area contributed by atoms with Gasteiger partial charge in [-0.3, -0.25) is 9.59 Å². The zero-order valence-electron chi connectivity index (χ0n) is 15.0. The van der Waals surface area contributed by atoms with Crippen LogP contribution in [0.15, 0.2) is 45.7 Å². The smallest absolute Gasteiger partial charge is 0.282 e. The molecular weight excluding hydrogens is 384 g/mol. The minimum absolute atomic E-state index is 0.164. The molecule has 1 aromatic carbocycles. The number of benzene rings is 1. The lowest BCUT2D eigenvalue weighted by Gasteiger charge is -2.13. The molecular formula is C18H20N4O3S2. The van der Waals surface area contributed by atoms with Crippen molar-refractivity contribution in [1.29, 1.82) is 0 Å². The van der Waals surface area contributed by atoms with Crippen LogP contribution in [-0.2, 0) is 9.53 Å².